The SMILES string of the molecule is CCc1cc(O)ccc1/N=C(\N)c1cnn2cc(-c3cnc(OC)cc3C)cc2c1N[C@H]1COC[C@@H]1O. The number of methoxy groups -OCH3 is 1. The minimum Gasteiger partial charge on any atom is -0.508 e. The van der Waals surface area contributed by atoms with Crippen molar-refractivity contribution in [1.82, 2.24) is 14.6 Å². The molecular formula is C27H30N6O4. The second-order valence-corrected chi connectivity index (χ2v) is 9.05. The van der Waals surface area contributed by atoms with E-state index in [9.17, 15) is 10.2 Å². The number of fused-ring (bicyclic) bond motifs is 1. The maximum atomic E-state index is 10.4. The Morgan fingerprint density at radius 2 is 2.11 bits per heavy atom. The fourth-order valence-electron chi connectivity index (χ4n) is 4.51. The molecule has 0 radical (unpaired) electrons. The molecule has 0 bridgehead atoms. The van der Waals surface area contributed by atoms with Crippen LogP contribution in [-0.4, -0.2) is 63.1 Å². The van der Waals surface area contributed by atoms with Crippen LogP contribution >= 0.6 is 0 Å². The number of aliphatic hydroxyl groups excluding tert-OH is 1. The van der Waals surface area contributed by atoms with Crippen molar-refractivity contribution in [2.24, 2.45) is 10.7 Å². The van der Waals surface area contributed by atoms with Crippen molar-refractivity contribution in [2.45, 2.75) is 32.4 Å². The first-order valence-electron chi connectivity index (χ1n) is 12.1. The summed E-state index contributed by atoms with van der Waals surface area (Å²) in [6, 6.07) is 8.58. The number of hydrogen-bond donors (Lipinski definition) is 4. The second kappa shape index (κ2) is 10.1. The maximum absolute atomic E-state index is 10.4. The number of aliphatic imine (C=N–C) groups is 1. The maximum Gasteiger partial charge on any atom is 0.213 e. The lowest BCUT2D eigenvalue weighted by atomic mass is 10.1. The van der Waals surface area contributed by atoms with Crippen LogP contribution in [0.4, 0.5) is 11.4 Å². The summed E-state index contributed by atoms with van der Waals surface area (Å²) in [5, 5.41) is 28.3. The molecule has 37 heavy (non-hydrogen) atoms. The number of hydrogen-bond acceptors (Lipinski definition) is 8. The molecule has 3 aromatic heterocycles. The number of amidine groups is 1. The first-order chi connectivity index (χ1) is 17.9. The highest BCUT2D eigenvalue weighted by Crippen LogP contribution is 2.32. The molecule has 1 fully saturated rings. The van der Waals surface area contributed by atoms with Gasteiger partial charge in [-0.05, 0) is 48.7 Å². The number of rotatable bonds is 7. The zero-order valence-corrected chi connectivity index (χ0v) is 21.0. The molecule has 1 saturated heterocycles. The van der Waals surface area contributed by atoms with E-state index in [1.165, 1.54) is 0 Å². The first-order valence-corrected chi connectivity index (χ1v) is 12.1. The standard InChI is InChI=1S/C27H30N6O4/c1-4-16-8-18(34)5-6-21(16)32-27(28)20-11-30-33-12-17(19-10-29-25(36-3)7-15(19)2)9-23(33)26(20)31-22-13-37-14-24(22)35/h5-12,22,24,31,34-35H,4,13-14H2,1-3H3,(H2,28,32)/t22-,24-/m0/s1. The summed E-state index contributed by atoms with van der Waals surface area (Å²) in [5.74, 6) is 0.989. The lowest BCUT2D eigenvalue weighted by molar-refractivity contribution is 0.125. The molecule has 0 unspecified atom stereocenters. The smallest absolute Gasteiger partial charge is 0.213 e. The molecule has 4 heterocycles. The van der Waals surface area contributed by atoms with Crippen LogP contribution in [0.25, 0.3) is 16.6 Å². The molecule has 0 saturated carbocycles. The van der Waals surface area contributed by atoms with Crippen molar-refractivity contribution in [1.29, 1.82) is 0 Å². The molecule has 1 aliphatic rings. The molecule has 2 atom stereocenters. The quantitative estimate of drug-likeness (QED) is 0.223. The number of aromatic hydroxyl groups is 1. The molecule has 5 rings (SSSR count). The zero-order valence-electron chi connectivity index (χ0n) is 21.0. The van der Waals surface area contributed by atoms with Crippen LogP contribution in [0.5, 0.6) is 11.6 Å². The van der Waals surface area contributed by atoms with Gasteiger partial charge < -0.3 is 30.7 Å². The van der Waals surface area contributed by atoms with Gasteiger partial charge >= 0.3 is 0 Å². The Morgan fingerprint density at radius 1 is 1.27 bits per heavy atom. The number of phenolic OH excluding ortho intramolecular Hbond substituents is 1. The summed E-state index contributed by atoms with van der Waals surface area (Å²) in [4.78, 5) is 9.04. The van der Waals surface area contributed by atoms with Gasteiger partial charge in [-0.3, -0.25) is 0 Å². The summed E-state index contributed by atoms with van der Waals surface area (Å²) in [6.45, 7) is 4.61. The second-order valence-electron chi connectivity index (χ2n) is 9.05. The van der Waals surface area contributed by atoms with Gasteiger partial charge in [0, 0.05) is 29.6 Å². The molecule has 5 N–H and O–H groups in total. The van der Waals surface area contributed by atoms with Gasteiger partial charge in [-0.1, -0.05) is 6.92 Å². The normalized spacial score (nSPS) is 17.9. The van der Waals surface area contributed by atoms with Crippen LogP contribution in [0.1, 0.15) is 23.6 Å². The minimum atomic E-state index is -0.662. The Morgan fingerprint density at radius 3 is 2.81 bits per heavy atom. The van der Waals surface area contributed by atoms with Crippen LogP contribution in [0.2, 0.25) is 0 Å². The predicted octanol–water partition coefficient (Wildman–Crippen LogP) is 3.19. The molecule has 4 aromatic rings. The van der Waals surface area contributed by atoms with Crippen molar-refractivity contribution in [3.63, 3.8) is 0 Å². The highest BCUT2D eigenvalue weighted by atomic mass is 16.5. The summed E-state index contributed by atoms with van der Waals surface area (Å²) in [7, 11) is 1.59. The van der Waals surface area contributed by atoms with Gasteiger partial charge in [0.2, 0.25) is 5.88 Å². The topological polar surface area (TPSA) is 140 Å². The van der Waals surface area contributed by atoms with E-state index in [-0.39, 0.29) is 24.2 Å². The first kappa shape index (κ1) is 24.5. The van der Waals surface area contributed by atoms with E-state index in [0.717, 1.165) is 27.8 Å². The Bertz CT molecular complexity index is 1480. The molecule has 0 spiro atoms. The Hall–Kier alpha value is -4.15. The third kappa shape index (κ3) is 4.81. The number of aliphatic hydroxyl groups is 1. The van der Waals surface area contributed by atoms with Crippen molar-refractivity contribution in [2.75, 3.05) is 25.6 Å². The van der Waals surface area contributed by atoms with Crippen LogP contribution in [-0.2, 0) is 11.2 Å². The molecule has 1 aliphatic heterocycles. The zero-order chi connectivity index (χ0) is 26.1. The monoisotopic (exact) mass is 502 g/mol. The fraction of sp³-hybridized carbons (Fsp3) is 0.296. The molecule has 192 valence electrons. The highest BCUT2D eigenvalue weighted by Gasteiger charge is 2.28. The van der Waals surface area contributed by atoms with Gasteiger partial charge in [0.25, 0.3) is 0 Å². The molecule has 1 aromatic carbocycles. The summed E-state index contributed by atoms with van der Waals surface area (Å²) in [5.41, 5.74) is 13.0. The van der Waals surface area contributed by atoms with E-state index in [1.807, 2.05) is 32.2 Å². The van der Waals surface area contributed by atoms with Crippen LogP contribution in [0, 0.1) is 6.92 Å². The lowest BCUT2D eigenvalue weighted by Crippen LogP contribution is -2.33. The minimum absolute atomic E-state index is 0.180. The number of anilines is 1. The van der Waals surface area contributed by atoms with E-state index < -0.39 is 6.10 Å². The Labute approximate surface area is 214 Å². The number of nitrogens with two attached hydrogens (primary N) is 1. The van der Waals surface area contributed by atoms with E-state index in [4.69, 9.17) is 15.2 Å². The van der Waals surface area contributed by atoms with Gasteiger partial charge in [0.1, 0.15) is 11.6 Å². The van der Waals surface area contributed by atoms with E-state index in [1.54, 1.807) is 42.2 Å². The third-order valence-electron chi connectivity index (χ3n) is 6.58. The molecular weight excluding hydrogens is 472 g/mol. The largest absolute Gasteiger partial charge is 0.508 e. The number of aryl methyl sites for hydroxylation is 2. The van der Waals surface area contributed by atoms with Crippen LogP contribution < -0.4 is 15.8 Å². The molecule has 0 aliphatic carbocycles. The van der Waals surface area contributed by atoms with E-state index in [0.29, 0.717) is 35.8 Å². The number of nitrogens with zero attached hydrogens (tertiary/aromatic N) is 4. The van der Waals surface area contributed by atoms with E-state index in [2.05, 4.69) is 20.4 Å². The lowest BCUT2D eigenvalue weighted by Gasteiger charge is -2.19. The average molecular weight is 503 g/mol. The number of pyridine rings is 1. The summed E-state index contributed by atoms with van der Waals surface area (Å²) >= 11 is 0. The predicted molar refractivity (Wildman–Crippen MR) is 142 cm³/mol. The fourth-order valence-corrected chi connectivity index (χ4v) is 4.51. The number of ether oxygens (including phenoxy) is 2. The summed E-state index contributed by atoms with van der Waals surface area (Å²) < 4.78 is 12.5. The van der Waals surface area contributed by atoms with Crippen molar-refractivity contribution in [3.8, 4) is 22.8 Å². The Kier molecular flexibility index (Phi) is 6.68. The van der Waals surface area contributed by atoms with Gasteiger partial charge in [0.05, 0.1) is 61.1 Å². The molecule has 10 nitrogen and oxygen atoms in total. The van der Waals surface area contributed by atoms with Crippen LogP contribution in [0.15, 0.2) is 53.9 Å². The van der Waals surface area contributed by atoms with Gasteiger partial charge in [-0.25, -0.2) is 14.5 Å². The van der Waals surface area contributed by atoms with Gasteiger partial charge in [-0.2, -0.15) is 5.10 Å². The summed E-state index contributed by atoms with van der Waals surface area (Å²) in [6.07, 6.45) is 5.38. The highest BCUT2D eigenvalue weighted by molar-refractivity contribution is 6.06. The third-order valence-corrected chi connectivity index (χ3v) is 6.58. The van der Waals surface area contributed by atoms with Gasteiger partial charge in [0.15, 0.2) is 0 Å². The van der Waals surface area contributed by atoms with Gasteiger partial charge in [-0.15, -0.1) is 0 Å². The van der Waals surface area contributed by atoms with Crippen LogP contribution in [0.3, 0.4) is 0 Å². The molecule has 0 amide bonds. The number of phenols is 1. The molecule has 10 heteroatoms. The average Bonchev–Trinajstić information content (AvgIpc) is 3.51. The van der Waals surface area contributed by atoms with Crippen molar-refractivity contribution in [3.05, 3.63) is 65.6 Å². The van der Waals surface area contributed by atoms with Crippen molar-refractivity contribution < 1.29 is 19.7 Å². The van der Waals surface area contributed by atoms with Crippen molar-refractivity contribution >= 4 is 22.7 Å². The van der Waals surface area contributed by atoms with E-state index >= 15 is 0 Å². The number of aromatic nitrogens is 3. The number of benzene rings is 1. The Balaban J connectivity index is 1.64. The number of nitrogens with one attached hydrogen (secondary N) is 1.